The maximum Gasteiger partial charge on any atom is 0.413 e. The highest BCUT2D eigenvalue weighted by atomic mass is 16.6. The molecule has 0 radical (unpaired) electrons. The SMILES string of the molecule is Cc1oc(CNC(=O)Oc2ccccc2)nc1-c1ccccc1. The van der Waals surface area contributed by atoms with E-state index >= 15 is 0 Å². The largest absolute Gasteiger partial charge is 0.443 e. The number of aryl methyl sites for hydroxylation is 1. The van der Waals surface area contributed by atoms with Crippen LogP contribution in [0.25, 0.3) is 11.3 Å². The second kappa shape index (κ2) is 6.79. The first-order chi connectivity index (χ1) is 11.2. The van der Waals surface area contributed by atoms with Crippen LogP contribution in [0.3, 0.4) is 0 Å². The molecule has 116 valence electrons. The van der Waals surface area contributed by atoms with Crippen molar-refractivity contribution in [2.45, 2.75) is 13.5 Å². The smallest absolute Gasteiger partial charge is 0.413 e. The van der Waals surface area contributed by atoms with E-state index in [-0.39, 0.29) is 6.54 Å². The monoisotopic (exact) mass is 308 g/mol. The molecule has 3 rings (SSSR count). The van der Waals surface area contributed by atoms with Crippen molar-refractivity contribution in [1.29, 1.82) is 0 Å². The molecule has 0 aliphatic rings. The molecule has 5 heteroatoms. The molecule has 0 aliphatic heterocycles. The summed E-state index contributed by atoms with van der Waals surface area (Å²) >= 11 is 0. The zero-order valence-electron chi connectivity index (χ0n) is 12.7. The van der Waals surface area contributed by atoms with E-state index in [4.69, 9.17) is 9.15 Å². The van der Waals surface area contributed by atoms with Crippen LogP contribution >= 0.6 is 0 Å². The predicted molar refractivity (Wildman–Crippen MR) is 86.0 cm³/mol. The number of oxazole rings is 1. The Morgan fingerprint density at radius 3 is 2.43 bits per heavy atom. The lowest BCUT2D eigenvalue weighted by Crippen LogP contribution is -2.26. The van der Waals surface area contributed by atoms with Crippen molar-refractivity contribution in [3.63, 3.8) is 0 Å². The zero-order valence-corrected chi connectivity index (χ0v) is 12.7. The molecule has 0 fully saturated rings. The number of aromatic nitrogens is 1. The van der Waals surface area contributed by atoms with Crippen LogP contribution in [0.1, 0.15) is 11.7 Å². The maximum atomic E-state index is 11.7. The van der Waals surface area contributed by atoms with E-state index in [1.807, 2.05) is 43.3 Å². The number of carbonyl (C=O) groups excluding carboxylic acids is 1. The minimum atomic E-state index is -0.548. The van der Waals surface area contributed by atoms with Crippen LogP contribution in [0, 0.1) is 6.92 Å². The average Bonchev–Trinajstić information content (AvgIpc) is 2.96. The van der Waals surface area contributed by atoms with Crippen LogP contribution in [-0.4, -0.2) is 11.1 Å². The Bertz CT molecular complexity index is 783. The highest BCUT2D eigenvalue weighted by Crippen LogP contribution is 2.22. The van der Waals surface area contributed by atoms with Gasteiger partial charge in [0.15, 0.2) is 0 Å². The van der Waals surface area contributed by atoms with E-state index in [2.05, 4.69) is 10.3 Å². The lowest BCUT2D eigenvalue weighted by atomic mass is 10.1. The van der Waals surface area contributed by atoms with Crippen molar-refractivity contribution < 1.29 is 13.9 Å². The molecule has 0 bridgehead atoms. The fraction of sp³-hybridized carbons (Fsp3) is 0.111. The molecule has 3 aromatic rings. The fourth-order valence-electron chi connectivity index (χ4n) is 2.17. The first-order valence-corrected chi connectivity index (χ1v) is 7.25. The van der Waals surface area contributed by atoms with Gasteiger partial charge in [-0.3, -0.25) is 0 Å². The Kier molecular flexibility index (Phi) is 4.38. The predicted octanol–water partition coefficient (Wildman–Crippen LogP) is 3.94. The van der Waals surface area contributed by atoms with Crippen LogP contribution in [-0.2, 0) is 6.54 Å². The van der Waals surface area contributed by atoms with Gasteiger partial charge in [-0.05, 0) is 19.1 Å². The van der Waals surface area contributed by atoms with Gasteiger partial charge in [-0.25, -0.2) is 9.78 Å². The lowest BCUT2D eigenvalue weighted by molar-refractivity contribution is 0.198. The topological polar surface area (TPSA) is 64.4 Å². The van der Waals surface area contributed by atoms with Gasteiger partial charge in [-0.2, -0.15) is 0 Å². The molecule has 1 amide bonds. The third-order valence-corrected chi connectivity index (χ3v) is 3.23. The van der Waals surface area contributed by atoms with Crippen LogP contribution in [0.4, 0.5) is 4.79 Å². The van der Waals surface area contributed by atoms with Crippen LogP contribution in [0.5, 0.6) is 5.75 Å². The number of nitrogens with zero attached hydrogens (tertiary/aromatic N) is 1. The van der Waals surface area contributed by atoms with Crippen molar-refractivity contribution in [2.24, 2.45) is 0 Å². The van der Waals surface area contributed by atoms with Gasteiger partial charge in [0.2, 0.25) is 5.89 Å². The van der Waals surface area contributed by atoms with E-state index in [1.165, 1.54) is 0 Å². The highest BCUT2D eigenvalue weighted by molar-refractivity contribution is 5.70. The van der Waals surface area contributed by atoms with Crippen molar-refractivity contribution >= 4 is 6.09 Å². The van der Waals surface area contributed by atoms with Gasteiger partial charge >= 0.3 is 6.09 Å². The molecule has 0 spiro atoms. The number of benzene rings is 2. The normalized spacial score (nSPS) is 10.3. The van der Waals surface area contributed by atoms with E-state index in [1.54, 1.807) is 24.3 Å². The second-order valence-electron chi connectivity index (χ2n) is 4.93. The number of ether oxygens (including phenoxy) is 1. The third kappa shape index (κ3) is 3.77. The van der Waals surface area contributed by atoms with Crippen LogP contribution in [0.15, 0.2) is 65.1 Å². The number of hydrogen-bond acceptors (Lipinski definition) is 4. The minimum Gasteiger partial charge on any atom is -0.443 e. The molecule has 1 N–H and O–H groups in total. The maximum absolute atomic E-state index is 11.7. The zero-order chi connectivity index (χ0) is 16.1. The number of amides is 1. The molecule has 0 atom stereocenters. The van der Waals surface area contributed by atoms with Gasteiger partial charge in [0, 0.05) is 5.56 Å². The molecular formula is C18H16N2O3. The molecule has 0 unspecified atom stereocenters. The summed E-state index contributed by atoms with van der Waals surface area (Å²) in [5.74, 6) is 1.63. The van der Waals surface area contributed by atoms with Crippen molar-refractivity contribution in [2.75, 3.05) is 0 Å². The van der Waals surface area contributed by atoms with E-state index in [9.17, 15) is 4.79 Å². The molecular weight excluding hydrogens is 292 g/mol. The average molecular weight is 308 g/mol. The van der Waals surface area contributed by atoms with Gasteiger partial charge in [0.1, 0.15) is 17.2 Å². The number of rotatable bonds is 4. The Morgan fingerprint density at radius 1 is 1.09 bits per heavy atom. The summed E-state index contributed by atoms with van der Waals surface area (Å²) in [7, 11) is 0. The molecule has 0 aliphatic carbocycles. The van der Waals surface area contributed by atoms with Crippen LogP contribution < -0.4 is 10.1 Å². The van der Waals surface area contributed by atoms with Gasteiger partial charge in [0.05, 0.1) is 6.54 Å². The molecule has 1 aromatic heterocycles. The summed E-state index contributed by atoms with van der Waals surface area (Å²) in [6.45, 7) is 2.01. The van der Waals surface area contributed by atoms with Crippen molar-refractivity contribution in [3.05, 3.63) is 72.3 Å². The first-order valence-electron chi connectivity index (χ1n) is 7.25. The number of nitrogens with one attached hydrogen (secondary N) is 1. The summed E-state index contributed by atoms with van der Waals surface area (Å²) in [5, 5.41) is 2.62. The van der Waals surface area contributed by atoms with Crippen LogP contribution in [0.2, 0.25) is 0 Å². The molecule has 1 heterocycles. The summed E-state index contributed by atoms with van der Waals surface area (Å²) in [6.07, 6.45) is -0.548. The molecule has 0 saturated heterocycles. The molecule has 5 nitrogen and oxygen atoms in total. The van der Waals surface area contributed by atoms with Crippen molar-refractivity contribution in [1.82, 2.24) is 10.3 Å². The van der Waals surface area contributed by atoms with E-state index < -0.39 is 6.09 Å². The number of hydrogen-bond donors (Lipinski definition) is 1. The van der Waals surface area contributed by atoms with E-state index in [0.29, 0.717) is 17.4 Å². The lowest BCUT2D eigenvalue weighted by Gasteiger charge is -2.04. The minimum absolute atomic E-state index is 0.166. The van der Waals surface area contributed by atoms with Crippen molar-refractivity contribution in [3.8, 4) is 17.0 Å². The molecule has 2 aromatic carbocycles. The molecule has 23 heavy (non-hydrogen) atoms. The number of carbonyl (C=O) groups is 1. The Morgan fingerprint density at radius 2 is 1.74 bits per heavy atom. The third-order valence-electron chi connectivity index (χ3n) is 3.23. The Hall–Kier alpha value is -3.08. The second-order valence-corrected chi connectivity index (χ2v) is 4.93. The quantitative estimate of drug-likeness (QED) is 0.793. The van der Waals surface area contributed by atoms with Gasteiger partial charge in [0.25, 0.3) is 0 Å². The first kappa shape index (κ1) is 14.8. The fourth-order valence-corrected chi connectivity index (χ4v) is 2.17. The Labute approximate surface area is 133 Å². The Balaban J connectivity index is 1.62. The summed E-state index contributed by atoms with van der Waals surface area (Å²) in [4.78, 5) is 16.2. The van der Waals surface area contributed by atoms with Gasteiger partial charge in [-0.1, -0.05) is 48.5 Å². The van der Waals surface area contributed by atoms with Gasteiger partial charge < -0.3 is 14.5 Å². The summed E-state index contributed by atoms with van der Waals surface area (Å²) in [6, 6.07) is 18.6. The number of para-hydroxylation sites is 1. The summed E-state index contributed by atoms with van der Waals surface area (Å²) in [5.41, 5.74) is 1.76. The van der Waals surface area contributed by atoms with Gasteiger partial charge in [-0.15, -0.1) is 0 Å². The summed E-state index contributed by atoms with van der Waals surface area (Å²) < 4.78 is 10.7. The standard InChI is InChI=1S/C18H16N2O3/c1-13-17(14-8-4-2-5-9-14)20-16(22-13)12-19-18(21)23-15-10-6-3-7-11-15/h2-11H,12H2,1H3,(H,19,21). The molecule has 0 saturated carbocycles. The van der Waals surface area contributed by atoms with E-state index in [0.717, 1.165) is 11.3 Å². The highest BCUT2D eigenvalue weighted by Gasteiger charge is 2.12.